The van der Waals surface area contributed by atoms with Crippen molar-refractivity contribution in [3.63, 3.8) is 0 Å². The van der Waals surface area contributed by atoms with Crippen LogP contribution in [0.25, 0.3) is 27.5 Å². The van der Waals surface area contributed by atoms with Gasteiger partial charge in [0.05, 0.1) is 13.8 Å². The summed E-state index contributed by atoms with van der Waals surface area (Å²) >= 11 is 13.9. The lowest BCUT2D eigenvalue weighted by molar-refractivity contribution is 0.548. The maximum atomic E-state index is 7.07. The third-order valence-electron chi connectivity index (χ3n) is 6.86. The van der Waals surface area contributed by atoms with E-state index in [1.807, 2.05) is 19.1 Å². The predicted molar refractivity (Wildman–Crippen MR) is 147 cm³/mol. The molecule has 0 bridgehead atoms. The molecule has 0 saturated carbocycles. The van der Waals surface area contributed by atoms with Crippen LogP contribution in [0, 0.1) is 20.8 Å². The van der Waals surface area contributed by atoms with Crippen molar-refractivity contribution in [2.75, 3.05) is 0 Å². The molecule has 1 unspecified atom stereocenters. The highest BCUT2D eigenvalue weighted by Crippen LogP contribution is 2.52. The molecule has 1 aliphatic rings. The molecule has 1 atom stereocenters. The maximum absolute atomic E-state index is 7.07. The van der Waals surface area contributed by atoms with Crippen molar-refractivity contribution >= 4 is 37.0 Å². The molecule has 1 radical (unpaired) electrons. The number of rotatable bonds is 4. The SMILES string of the molecule is Cc1ccc(-c2cc(C3C([Si](C)C)=C(Cl)c4c3cc(C)c(C)c4Cl)ccc2-c2ccccc2)o1. The van der Waals surface area contributed by atoms with Gasteiger partial charge in [-0.15, -0.1) is 0 Å². The minimum Gasteiger partial charge on any atom is -0.461 e. The molecule has 1 nitrogen and oxygen atoms in total. The summed E-state index contributed by atoms with van der Waals surface area (Å²) in [5.41, 5.74) is 9.18. The Hall–Kier alpha value is -2.52. The second-order valence-corrected chi connectivity index (χ2v) is 12.6. The molecule has 171 valence electrons. The molecule has 4 aromatic rings. The number of halogens is 2. The van der Waals surface area contributed by atoms with Crippen LogP contribution in [0.3, 0.4) is 0 Å². The van der Waals surface area contributed by atoms with Gasteiger partial charge in [0.15, 0.2) is 0 Å². The molecule has 0 fully saturated rings. The molecule has 34 heavy (non-hydrogen) atoms. The Kier molecular flexibility index (Phi) is 6.10. The first kappa shape index (κ1) is 23.2. The Labute approximate surface area is 213 Å². The number of allylic oxidation sites excluding steroid dienone is 1. The van der Waals surface area contributed by atoms with Crippen molar-refractivity contribution < 1.29 is 4.42 Å². The third kappa shape index (κ3) is 3.78. The van der Waals surface area contributed by atoms with E-state index in [4.69, 9.17) is 27.6 Å². The topological polar surface area (TPSA) is 13.1 Å². The van der Waals surface area contributed by atoms with Gasteiger partial charge in [-0.05, 0) is 72.4 Å². The summed E-state index contributed by atoms with van der Waals surface area (Å²) in [6, 6.07) is 23.6. The monoisotopic (exact) mass is 501 g/mol. The molecule has 0 N–H and O–H groups in total. The summed E-state index contributed by atoms with van der Waals surface area (Å²) in [7, 11) is -0.833. The van der Waals surface area contributed by atoms with Crippen molar-refractivity contribution in [3.8, 4) is 22.5 Å². The summed E-state index contributed by atoms with van der Waals surface area (Å²) < 4.78 is 6.12. The van der Waals surface area contributed by atoms with Gasteiger partial charge in [0.1, 0.15) is 11.5 Å². The average Bonchev–Trinajstić information content (AvgIpc) is 3.38. The maximum Gasteiger partial charge on any atom is 0.134 e. The van der Waals surface area contributed by atoms with Gasteiger partial charge in [0.2, 0.25) is 0 Å². The van der Waals surface area contributed by atoms with Gasteiger partial charge in [0, 0.05) is 22.1 Å². The molecule has 0 amide bonds. The van der Waals surface area contributed by atoms with E-state index in [0.717, 1.165) is 43.8 Å². The Morgan fingerprint density at radius 2 is 1.56 bits per heavy atom. The standard InChI is InChI=1S/C30H27Cl2OSi/c1-17-15-24-26(30(34(4)5)29(32)27(24)28(31)19(17)3)21-12-13-22(20-9-7-6-8-10-20)23(16-21)25-14-11-18(2)33-25/h6-16,26H,1-5H3. The summed E-state index contributed by atoms with van der Waals surface area (Å²) in [6.45, 7) is 10.8. The Morgan fingerprint density at radius 3 is 2.21 bits per heavy atom. The van der Waals surface area contributed by atoms with Crippen LogP contribution in [0.1, 0.15) is 39.5 Å². The van der Waals surface area contributed by atoms with Crippen LogP contribution in [0.2, 0.25) is 18.1 Å². The average molecular weight is 503 g/mol. The van der Waals surface area contributed by atoms with E-state index < -0.39 is 8.80 Å². The van der Waals surface area contributed by atoms with Crippen molar-refractivity contribution in [2.45, 2.75) is 39.8 Å². The van der Waals surface area contributed by atoms with E-state index in [9.17, 15) is 0 Å². The fourth-order valence-electron chi connectivity index (χ4n) is 5.02. The van der Waals surface area contributed by atoms with Crippen LogP contribution in [0.5, 0.6) is 0 Å². The van der Waals surface area contributed by atoms with Gasteiger partial charge in [0.25, 0.3) is 0 Å². The highest BCUT2D eigenvalue weighted by atomic mass is 35.5. The number of aryl methyl sites for hydroxylation is 2. The van der Waals surface area contributed by atoms with E-state index in [1.54, 1.807) is 0 Å². The molecule has 3 aromatic carbocycles. The Morgan fingerprint density at radius 1 is 0.824 bits per heavy atom. The van der Waals surface area contributed by atoms with Crippen molar-refractivity contribution in [1.82, 2.24) is 0 Å². The summed E-state index contributed by atoms with van der Waals surface area (Å²) in [4.78, 5) is 0. The van der Waals surface area contributed by atoms with E-state index in [2.05, 4.69) is 81.5 Å². The van der Waals surface area contributed by atoms with E-state index in [-0.39, 0.29) is 5.92 Å². The lowest BCUT2D eigenvalue weighted by atomic mass is 9.87. The van der Waals surface area contributed by atoms with Gasteiger partial charge < -0.3 is 4.42 Å². The van der Waals surface area contributed by atoms with Crippen LogP contribution < -0.4 is 0 Å². The molecule has 1 aliphatic carbocycles. The number of fused-ring (bicyclic) bond motifs is 1. The highest BCUT2D eigenvalue weighted by molar-refractivity contribution is 6.71. The van der Waals surface area contributed by atoms with Crippen molar-refractivity contribution in [1.29, 1.82) is 0 Å². The number of hydrogen-bond donors (Lipinski definition) is 0. The van der Waals surface area contributed by atoms with Gasteiger partial charge in [-0.2, -0.15) is 0 Å². The van der Waals surface area contributed by atoms with Crippen LogP contribution in [0.15, 0.2) is 76.3 Å². The van der Waals surface area contributed by atoms with Crippen LogP contribution in [-0.4, -0.2) is 8.80 Å². The zero-order valence-electron chi connectivity index (χ0n) is 20.1. The van der Waals surface area contributed by atoms with Crippen LogP contribution in [0.4, 0.5) is 0 Å². The second kappa shape index (κ2) is 8.92. The molecule has 4 heteroatoms. The lowest BCUT2D eigenvalue weighted by Crippen LogP contribution is -2.13. The van der Waals surface area contributed by atoms with E-state index in [0.29, 0.717) is 0 Å². The largest absolute Gasteiger partial charge is 0.461 e. The molecular formula is C30H27Cl2OSi. The van der Waals surface area contributed by atoms with E-state index in [1.165, 1.54) is 27.5 Å². The van der Waals surface area contributed by atoms with Crippen molar-refractivity contribution in [3.05, 3.63) is 111 Å². The number of benzene rings is 3. The first-order valence-corrected chi connectivity index (χ1v) is 14.8. The minimum atomic E-state index is -0.833. The van der Waals surface area contributed by atoms with Gasteiger partial charge in [-0.1, -0.05) is 90.0 Å². The predicted octanol–water partition coefficient (Wildman–Crippen LogP) is 9.58. The molecule has 0 spiro atoms. The third-order valence-corrected chi connectivity index (χ3v) is 9.50. The molecule has 1 aromatic heterocycles. The molecule has 5 rings (SSSR count). The summed E-state index contributed by atoms with van der Waals surface area (Å²) in [6.07, 6.45) is 0. The van der Waals surface area contributed by atoms with Gasteiger partial charge in [-0.3, -0.25) is 0 Å². The summed E-state index contributed by atoms with van der Waals surface area (Å²) in [5.74, 6) is 1.88. The summed E-state index contributed by atoms with van der Waals surface area (Å²) in [5, 5.41) is 2.95. The Balaban J connectivity index is 1.76. The van der Waals surface area contributed by atoms with Crippen LogP contribution >= 0.6 is 23.2 Å². The lowest BCUT2D eigenvalue weighted by Gasteiger charge is -2.22. The molecular weight excluding hydrogens is 475 g/mol. The van der Waals surface area contributed by atoms with Crippen LogP contribution in [-0.2, 0) is 0 Å². The van der Waals surface area contributed by atoms with Gasteiger partial charge >= 0.3 is 0 Å². The van der Waals surface area contributed by atoms with Crippen molar-refractivity contribution in [2.24, 2.45) is 0 Å². The molecule has 0 aliphatic heterocycles. The smallest absolute Gasteiger partial charge is 0.134 e. The second-order valence-electron chi connectivity index (χ2n) is 9.34. The quantitative estimate of drug-likeness (QED) is 0.253. The first-order valence-electron chi connectivity index (χ1n) is 11.5. The van der Waals surface area contributed by atoms with Gasteiger partial charge in [-0.25, -0.2) is 0 Å². The number of hydrogen-bond acceptors (Lipinski definition) is 1. The molecule has 1 heterocycles. The minimum absolute atomic E-state index is 0.0998. The normalized spacial score (nSPS) is 15.4. The fraction of sp³-hybridized carbons (Fsp3) is 0.200. The fourth-order valence-corrected chi connectivity index (χ4v) is 7.76. The first-order chi connectivity index (χ1) is 16.3. The Bertz CT molecular complexity index is 1430. The van der Waals surface area contributed by atoms with E-state index >= 15 is 0 Å². The zero-order valence-corrected chi connectivity index (χ0v) is 22.6. The molecule has 0 saturated heterocycles. The number of furan rings is 1. The zero-order chi connectivity index (χ0) is 24.1. The highest BCUT2D eigenvalue weighted by Gasteiger charge is 2.36.